The Labute approximate surface area is 335 Å². The number of hydrogen-bond acceptors (Lipinski definition) is 8. The zero-order chi connectivity index (χ0) is 40.2. The number of hydrogen-bond donors (Lipinski definition) is 3. The lowest BCUT2D eigenvalue weighted by atomic mass is 9.96. The highest BCUT2D eigenvalue weighted by molar-refractivity contribution is 5.86. The number of aromatic amines is 2. The van der Waals surface area contributed by atoms with Crippen LogP contribution in [0.15, 0.2) is 54.7 Å². The SMILES string of the molecule is COC(=O)N[C@H](C(=O)N1CCC[C@H]1c1ncc(-c2ccc(-c3ccc(-c4nc5[nH]c4COCCCCO[C@H]4C[C@@H]5N(C(=O)[C@@H](C)C(C)C)C4)cc3)cc2)[nH]1)C(C)C. The third-order valence-electron chi connectivity index (χ3n) is 11.9. The number of aromatic nitrogens is 4. The zero-order valence-corrected chi connectivity index (χ0v) is 34.0. The molecule has 0 unspecified atom stereocenters. The highest BCUT2D eigenvalue weighted by Crippen LogP contribution is 2.38. The molecular formula is C44H57N7O6. The van der Waals surface area contributed by atoms with Gasteiger partial charge in [0.15, 0.2) is 0 Å². The van der Waals surface area contributed by atoms with Gasteiger partial charge >= 0.3 is 6.09 Å². The van der Waals surface area contributed by atoms with E-state index < -0.39 is 12.1 Å². The van der Waals surface area contributed by atoms with E-state index in [2.05, 4.69) is 77.7 Å². The number of likely N-dealkylation sites (tertiary alicyclic amines) is 2. The Hall–Kier alpha value is -5.01. The summed E-state index contributed by atoms with van der Waals surface area (Å²) in [6, 6.07) is 15.7. The maximum atomic E-state index is 13.7. The van der Waals surface area contributed by atoms with Gasteiger partial charge < -0.3 is 39.3 Å². The molecule has 2 fully saturated rings. The van der Waals surface area contributed by atoms with Crippen molar-refractivity contribution >= 4 is 17.9 Å². The summed E-state index contributed by atoms with van der Waals surface area (Å²) < 4.78 is 17.1. The molecule has 4 aromatic rings. The average molecular weight is 780 g/mol. The quantitative estimate of drug-likeness (QED) is 0.158. The fourth-order valence-corrected chi connectivity index (χ4v) is 8.14. The van der Waals surface area contributed by atoms with Crippen LogP contribution in [0.1, 0.15) is 96.1 Å². The number of benzene rings is 2. The lowest BCUT2D eigenvalue weighted by Gasteiger charge is -2.30. The van der Waals surface area contributed by atoms with E-state index in [-0.39, 0.29) is 47.8 Å². The molecule has 3 aliphatic heterocycles. The normalized spacial score (nSPS) is 21.2. The first-order chi connectivity index (χ1) is 27.5. The van der Waals surface area contributed by atoms with Gasteiger partial charge in [0.25, 0.3) is 0 Å². The van der Waals surface area contributed by atoms with Crippen molar-refractivity contribution in [3.8, 4) is 33.6 Å². The Morgan fingerprint density at radius 3 is 2.18 bits per heavy atom. The minimum absolute atomic E-state index is 0.0212. The second-order valence-corrected chi connectivity index (χ2v) is 16.4. The molecule has 5 atom stereocenters. The predicted octanol–water partition coefficient (Wildman–Crippen LogP) is 7.44. The van der Waals surface area contributed by atoms with Crippen LogP contribution in [0.4, 0.5) is 4.79 Å². The molecule has 0 spiro atoms. The van der Waals surface area contributed by atoms with Crippen LogP contribution < -0.4 is 5.32 Å². The number of nitrogens with one attached hydrogen (secondary N) is 3. The molecule has 3 N–H and O–H groups in total. The molecule has 0 aliphatic carbocycles. The Morgan fingerprint density at radius 2 is 1.49 bits per heavy atom. The van der Waals surface area contributed by atoms with E-state index in [4.69, 9.17) is 24.2 Å². The van der Waals surface area contributed by atoms with Gasteiger partial charge in [-0.15, -0.1) is 0 Å². The molecular weight excluding hydrogens is 723 g/mol. The van der Waals surface area contributed by atoms with Crippen LogP contribution in [0.5, 0.6) is 0 Å². The van der Waals surface area contributed by atoms with E-state index in [1.165, 1.54) is 7.11 Å². The molecule has 4 bridgehead atoms. The van der Waals surface area contributed by atoms with E-state index in [1.807, 2.05) is 36.8 Å². The van der Waals surface area contributed by atoms with E-state index in [1.54, 1.807) is 0 Å². The minimum Gasteiger partial charge on any atom is -0.453 e. The first kappa shape index (κ1) is 40.2. The lowest BCUT2D eigenvalue weighted by Crippen LogP contribution is -2.51. The number of nitrogens with zero attached hydrogens (tertiary/aromatic N) is 4. The van der Waals surface area contributed by atoms with Crippen molar-refractivity contribution in [1.82, 2.24) is 35.1 Å². The fraction of sp³-hybridized carbons (Fsp3) is 0.523. The van der Waals surface area contributed by atoms with Gasteiger partial charge in [0, 0.05) is 44.2 Å². The standard InChI is InChI=1S/C44H57N7O6/c1-26(2)28(5)42(52)51-24-33-22-37(51)41-47-35(25-56-20-7-8-21-57-33)39(48-41)32-17-13-30(14-18-32)29-11-15-31(16-12-29)34-23-45-40(46-34)36-10-9-19-50(36)43(53)38(27(3)4)49-44(54)55-6/h11-18,23,26-28,33,36-38H,7-10,19-22,24-25H2,1-6H3,(H,45,46)(H,47,48)(H,49,54)/t28-,33-,36-,37-,38-/m0/s1. The van der Waals surface area contributed by atoms with E-state index >= 15 is 0 Å². The van der Waals surface area contributed by atoms with Gasteiger partial charge in [0.2, 0.25) is 11.8 Å². The van der Waals surface area contributed by atoms with E-state index in [9.17, 15) is 14.4 Å². The Bertz CT molecular complexity index is 2010. The number of carbonyl (C=O) groups excluding carboxylic acids is 3. The van der Waals surface area contributed by atoms with E-state index in [0.717, 1.165) is 76.7 Å². The monoisotopic (exact) mass is 779 g/mol. The number of rotatable bonds is 9. The Morgan fingerprint density at radius 1 is 0.807 bits per heavy atom. The molecule has 13 heteroatoms. The van der Waals surface area contributed by atoms with Gasteiger partial charge in [-0.05, 0) is 54.2 Å². The molecule has 2 saturated heterocycles. The third kappa shape index (κ3) is 8.79. The van der Waals surface area contributed by atoms with Gasteiger partial charge in [-0.25, -0.2) is 14.8 Å². The van der Waals surface area contributed by atoms with Crippen molar-refractivity contribution in [2.24, 2.45) is 17.8 Å². The van der Waals surface area contributed by atoms with Crippen LogP contribution in [0, 0.1) is 17.8 Å². The van der Waals surface area contributed by atoms with Crippen molar-refractivity contribution in [3.63, 3.8) is 0 Å². The Balaban J connectivity index is 1.07. The number of amides is 3. The van der Waals surface area contributed by atoms with Gasteiger partial charge in [-0.2, -0.15) is 0 Å². The largest absolute Gasteiger partial charge is 0.453 e. The van der Waals surface area contributed by atoms with Crippen LogP contribution in [0.25, 0.3) is 33.6 Å². The number of imidazole rings is 2. The summed E-state index contributed by atoms with van der Waals surface area (Å²) in [5.74, 6) is 1.57. The Kier molecular flexibility index (Phi) is 12.4. The van der Waals surface area contributed by atoms with Crippen molar-refractivity contribution in [2.45, 2.75) is 97.6 Å². The molecule has 2 aromatic heterocycles. The predicted molar refractivity (Wildman–Crippen MR) is 217 cm³/mol. The van der Waals surface area contributed by atoms with Gasteiger partial charge in [0.1, 0.15) is 17.7 Å². The summed E-state index contributed by atoms with van der Waals surface area (Å²) in [7, 11) is 1.30. The molecule has 304 valence electrons. The second-order valence-electron chi connectivity index (χ2n) is 16.4. The molecule has 3 amide bonds. The number of alkyl carbamates (subject to hydrolysis) is 1. The molecule has 57 heavy (non-hydrogen) atoms. The average Bonchev–Trinajstić information content (AvgIpc) is 4.05. The number of ether oxygens (including phenoxy) is 3. The second kappa shape index (κ2) is 17.6. The van der Waals surface area contributed by atoms with Crippen LogP contribution in [0.3, 0.4) is 0 Å². The number of fused-ring (bicyclic) bond motifs is 5. The first-order valence-electron chi connectivity index (χ1n) is 20.5. The molecule has 13 nitrogen and oxygen atoms in total. The van der Waals surface area contributed by atoms with Crippen molar-refractivity contribution < 1.29 is 28.6 Å². The van der Waals surface area contributed by atoms with Crippen LogP contribution >= 0.6 is 0 Å². The highest BCUT2D eigenvalue weighted by Gasteiger charge is 2.41. The van der Waals surface area contributed by atoms with Crippen molar-refractivity contribution in [2.75, 3.05) is 33.4 Å². The lowest BCUT2D eigenvalue weighted by molar-refractivity contribution is -0.138. The fourth-order valence-electron chi connectivity index (χ4n) is 8.14. The van der Waals surface area contributed by atoms with Gasteiger partial charge in [0.05, 0.1) is 55.2 Å². The minimum atomic E-state index is -0.683. The van der Waals surface area contributed by atoms with Gasteiger partial charge in [-0.1, -0.05) is 83.1 Å². The van der Waals surface area contributed by atoms with Crippen LogP contribution in [-0.4, -0.2) is 93.2 Å². The van der Waals surface area contributed by atoms with Crippen LogP contribution in [0.2, 0.25) is 0 Å². The topological polar surface area (TPSA) is 155 Å². The summed E-state index contributed by atoms with van der Waals surface area (Å²) in [6.45, 7) is 12.9. The molecule has 0 saturated carbocycles. The van der Waals surface area contributed by atoms with Crippen molar-refractivity contribution in [3.05, 3.63) is 72.1 Å². The number of H-pyrrole nitrogens is 2. The van der Waals surface area contributed by atoms with Crippen LogP contribution in [-0.2, 0) is 30.4 Å². The third-order valence-corrected chi connectivity index (χ3v) is 11.9. The highest BCUT2D eigenvalue weighted by atomic mass is 16.5. The summed E-state index contributed by atoms with van der Waals surface area (Å²) in [4.78, 5) is 59.9. The maximum absolute atomic E-state index is 13.7. The molecule has 2 aromatic carbocycles. The first-order valence-corrected chi connectivity index (χ1v) is 20.5. The summed E-state index contributed by atoms with van der Waals surface area (Å²) >= 11 is 0. The van der Waals surface area contributed by atoms with Crippen molar-refractivity contribution in [1.29, 1.82) is 0 Å². The van der Waals surface area contributed by atoms with Gasteiger partial charge in [-0.3, -0.25) is 9.59 Å². The molecule has 5 heterocycles. The summed E-state index contributed by atoms with van der Waals surface area (Å²) in [5.41, 5.74) is 6.73. The molecule has 3 aliphatic rings. The molecule has 7 rings (SSSR count). The summed E-state index contributed by atoms with van der Waals surface area (Å²) in [5, 5.41) is 2.71. The number of methoxy groups -OCH3 is 1. The summed E-state index contributed by atoms with van der Waals surface area (Å²) in [6.07, 6.45) is 5.36. The molecule has 0 radical (unpaired) electrons. The smallest absolute Gasteiger partial charge is 0.407 e. The number of carbonyl (C=O) groups is 3. The maximum Gasteiger partial charge on any atom is 0.407 e. The van der Waals surface area contributed by atoms with E-state index in [0.29, 0.717) is 39.3 Å². The zero-order valence-electron chi connectivity index (χ0n) is 34.0.